The minimum atomic E-state index is -0.954. The molecule has 2 N–H and O–H groups in total. The highest BCUT2D eigenvalue weighted by Gasteiger charge is 2.21. The van der Waals surface area contributed by atoms with Crippen LogP contribution in [-0.4, -0.2) is 0 Å². The van der Waals surface area contributed by atoms with E-state index in [0.717, 1.165) is 4.47 Å². The highest BCUT2D eigenvalue weighted by atomic mass is 79.9. The Bertz CT molecular complexity index is 631. The maximum atomic E-state index is 14.1. The SMILES string of the molecule is Cc1ccc(F)c(C(N)c2cc(Br)ccc2Cl)c1F. The van der Waals surface area contributed by atoms with Crippen LogP contribution in [0.5, 0.6) is 0 Å². The summed E-state index contributed by atoms with van der Waals surface area (Å²) in [4.78, 5) is 0. The first kappa shape index (κ1) is 14.4. The van der Waals surface area contributed by atoms with Crippen LogP contribution in [-0.2, 0) is 0 Å². The van der Waals surface area contributed by atoms with Crippen molar-refractivity contribution < 1.29 is 8.78 Å². The van der Waals surface area contributed by atoms with Crippen LogP contribution in [0.1, 0.15) is 22.7 Å². The zero-order valence-corrected chi connectivity index (χ0v) is 12.4. The fraction of sp³-hybridized carbons (Fsp3) is 0.143. The number of nitrogens with two attached hydrogens (primary N) is 1. The van der Waals surface area contributed by atoms with Gasteiger partial charge < -0.3 is 5.73 Å². The summed E-state index contributed by atoms with van der Waals surface area (Å²) in [6.45, 7) is 1.56. The molecule has 0 heterocycles. The average Bonchev–Trinajstić information content (AvgIpc) is 2.37. The highest BCUT2D eigenvalue weighted by molar-refractivity contribution is 9.10. The molecule has 1 atom stereocenters. The molecule has 2 aromatic carbocycles. The quantitative estimate of drug-likeness (QED) is 0.835. The molecule has 0 amide bonds. The molecule has 1 unspecified atom stereocenters. The predicted octanol–water partition coefficient (Wildman–Crippen LogP) is 4.74. The van der Waals surface area contributed by atoms with Crippen molar-refractivity contribution in [1.82, 2.24) is 0 Å². The molecule has 0 aliphatic rings. The Kier molecular flexibility index (Phi) is 4.23. The van der Waals surface area contributed by atoms with E-state index in [9.17, 15) is 8.78 Å². The van der Waals surface area contributed by atoms with Crippen molar-refractivity contribution in [3.8, 4) is 0 Å². The summed E-state index contributed by atoms with van der Waals surface area (Å²) in [6, 6.07) is 6.66. The first-order valence-electron chi connectivity index (χ1n) is 5.57. The molecular formula is C14H11BrClF2N. The molecule has 0 saturated heterocycles. The zero-order chi connectivity index (χ0) is 14.2. The summed E-state index contributed by atoms with van der Waals surface area (Å²) in [5.41, 5.74) is 6.62. The van der Waals surface area contributed by atoms with Crippen molar-refractivity contribution in [3.05, 3.63) is 68.2 Å². The van der Waals surface area contributed by atoms with Gasteiger partial charge in [-0.2, -0.15) is 0 Å². The van der Waals surface area contributed by atoms with Crippen LogP contribution in [0.15, 0.2) is 34.8 Å². The third-order valence-corrected chi connectivity index (χ3v) is 3.76. The summed E-state index contributed by atoms with van der Waals surface area (Å²) < 4.78 is 28.6. The van der Waals surface area contributed by atoms with Crippen LogP contribution < -0.4 is 5.73 Å². The van der Waals surface area contributed by atoms with Crippen LogP contribution in [0.2, 0.25) is 5.02 Å². The van der Waals surface area contributed by atoms with Gasteiger partial charge in [0.2, 0.25) is 0 Å². The molecule has 0 bridgehead atoms. The Morgan fingerprint density at radius 3 is 2.58 bits per heavy atom. The van der Waals surface area contributed by atoms with E-state index in [-0.39, 0.29) is 5.56 Å². The van der Waals surface area contributed by atoms with Crippen LogP contribution in [0.4, 0.5) is 8.78 Å². The van der Waals surface area contributed by atoms with Gasteiger partial charge in [0, 0.05) is 15.1 Å². The van der Waals surface area contributed by atoms with E-state index in [2.05, 4.69) is 15.9 Å². The van der Waals surface area contributed by atoms with Gasteiger partial charge in [-0.1, -0.05) is 33.6 Å². The van der Waals surface area contributed by atoms with Crippen molar-refractivity contribution >= 4 is 27.5 Å². The number of aryl methyl sites for hydroxylation is 1. The maximum absolute atomic E-state index is 14.1. The molecule has 2 aromatic rings. The third kappa shape index (κ3) is 2.81. The molecule has 0 aliphatic carbocycles. The topological polar surface area (TPSA) is 26.0 Å². The van der Waals surface area contributed by atoms with E-state index >= 15 is 0 Å². The lowest BCUT2D eigenvalue weighted by atomic mass is 9.97. The molecule has 0 radical (unpaired) electrons. The number of hydrogen-bond donors (Lipinski definition) is 1. The van der Waals surface area contributed by atoms with Gasteiger partial charge in [-0.3, -0.25) is 0 Å². The van der Waals surface area contributed by atoms with Gasteiger partial charge in [0.15, 0.2) is 0 Å². The normalized spacial score (nSPS) is 12.5. The first-order chi connectivity index (χ1) is 8.91. The Hall–Kier alpha value is -0.970. The predicted molar refractivity (Wildman–Crippen MR) is 76.3 cm³/mol. The molecule has 2 rings (SSSR count). The fourth-order valence-electron chi connectivity index (χ4n) is 1.87. The third-order valence-electron chi connectivity index (χ3n) is 2.92. The van der Waals surface area contributed by atoms with Crippen molar-refractivity contribution in [3.63, 3.8) is 0 Å². The van der Waals surface area contributed by atoms with Crippen molar-refractivity contribution in [2.75, 3.05) is 0 Å². The lowest BCUT2D eigenvalue weighted by Crippen LogP contribution is -2.17. The standard InChI is InChI=1S/C14H11BrClF2N/c1-7-2-5-11(17)12(13(7)18)14(19)9-6-8(15)3-4-10(9)16/h2-6,14H,19H2,1H3. The lowest BCUT2D eigenvalue weighted by molar-refractivity contribution is 0.538. The van der Waals surface area contributed by atoms with E-state index in [1.807, 2.05) is 0 Å². The number of hydrogen-bond acceptors (Lipinski definition) is 1. The van der Waals surface area contributed by atoms with E-state index < -0.39 is 17.7 Å². The summed E-state index contributed by atoms with van der Waals surface area (Å²) in [7, 11) is 0. The minimum absolute atomic E-state index is 0.167. The summed E-state index contributed by atoms with van der Waals surface area (Å²) in [5.74, 6) is -1.31. The van der Waals surface area contributed by atoms with Crippen LogP contribution in [0.25, 0.3) is 0 Å². The molecular weight excluding hydrogens is 336 g/mol. The zero-order valence-electron chi connectivity index (χ0n) is 10.1. The number of rotatable bonds is 2. The van der Waals surface area contributed by atoms with Crippen LogP contribution >= 0.6 is 27.5 Å². The number of benzene rings is 2. The second-order valence-corrected chi connectivity index (χ2v) is 5.56. The summed E-state index contributed by atoms with van der Waals surface area (Å²) in [6.07, 6.45) is 0. The second-order valence-electron chi connectivity index (χ2n) is 4.24. The minimum Gasteiger partial charge on any atom is -0.320 e. The highest BCUT2D eigenvalue weighted by Crippen LogP contribution is 2.32. The fourth-order valence-corrected chi connectivity index (χ4v) is 2.49. The Balaban J connectivity index is 2.59. The molecule has 100 valence electrons. The van der Waals surface area contributed by atoms with Crippen LogP contribution in [0.3, 0.4) is 0 Å². The van der Waals surface area contributed by atoms with E-state index in [4.69, 9.17) is 17.3 Å². The largest absolute Gasteiger partial charge is 0.320 e. The molecule has 0 aromatic heterocycles. The maximum Gasteiger partial charge on any atom is 0.134 e. The smallest absolute Gasteiger partial charge is 0.134 e. The van der Waals surface area contributed by atoms with E-state index in [0.29, 0.717) is 16.1 Å². The van der Waals surface area contributed by atoms with Gasteiger partial charge in [-0.25, -0.2) is 8.78 Å². The Morgan fingerprint density at radius 2 is 1.89 bits per heavy atom. The van der Waals surface area contributed by atoms with Crippen molar-refractivity contribution in [2.45, 2.75) is 13.0 Å². The van der Waals surface area contributed by atoms with Crippen molar-refractivity contribution in [2.24, 2.45) is 5.73 Å². The van der Waals surface area contributed by atoms with Crippen LogP contribution in [0, 0.1) is 18.6 Å². The van der Waals surface area contributed by atoms with Gasteiger partial charge in [-0.15, -0.1) is 0 Å². The van der Waals surface area contributed by atoms with Gasteiger partial charge in [0.25, 0.3) is 0 Å². The molecule has 0 spiro atoms. The second kappa shape index (κ2) is 5.57. The molecule has 1 nitrogen and oxygen atoms in total. The Morgan fingerprint density at radius 1 is 1.21 bits per heavy atom. The van der Waals surface area contributed by atoms with E-state index in [1.54, 1.807) is 25.1 Å². The lowest BCUT2D eigenvalue weighted by Gasteiger charge is -2.17. The molecule has 0 saturated carbocycles. The monoisotopic (exact) mass is 345 g/mol. The first-order valence-corrected chi connectivity index (χ1v) is 6.74. The molecule has 19 heavy (non-hydrogen) atoms. The number of halogens is 4. The van der Waals surface area contributed by atoms with Gasteiger partial charge in [-0.05, 0) is 42.3 Å². The van der Waals surface area contributed by atoms with E-state index in [1.165, 1.54) is 12.1 Å². The van der Waals surface area contributed by atoms with Gasteiger partial charge >= 0.3 is 0 Å². The summed E-state index contributed by atoms with van der Waals surface area (Å²) >= 11 is 9.33. The molecule has 0 aliphatic heterocycles. The van der Waals surface area contributed by atoms with Crippen molar-refractivity contribution in [1.29, 1.82) is 0 Å². The van der Waals surface area contributed by atoms with Gasteiger partial charge in [0.05, 0.1) is 6.04 Å². The van der Waals surface area contributed by atoms with Gasteiger partial charge in [0.1, 0.15) is 11.6 Å². The molecule has 5 heteroatoms. The summed E-state index contributed by atoms with van der Waals surface area (Å²) in [5, 5.41) is 0.371. The average molecular weight is 347 g/mol. The Labute approximate surface area is 123 Å². The molecule has 0 fully saturated rings.